The quantitative estimate of drug-likeness (QED) is 0.691. The van der Waals surface area contributed by atoms with Crippen LogP contribution in [0.15, 0.2) is 18.2 Å². The summed E-state index contributed by atoms with van der Waals surface area (Å²) in [7, 11) is 3.06. The SMILES string of the molecule is COc1ccc(C(=O)N2CCN(C(=O)CCCCC(=O)O)CC2)cc1OC. The lowest BCUT2D eigenvalue weighted by atomic mass is 10.1. The number of ether oxygens (including phenoxy) is 2. The second kappa shape index (κ2) is 9.80. The van der Waals surface area contributed by atoms with E-state index in [4.69, 9.17) is 14.6 Å². The number of methoxy groups -OCH3 is 2. The lowest BCUT2D eigenvalue weighted by molar-refractivity contribution is -0.137. The molecule has 1 aromatic carbocycles. The van der Waals surface area contributed by atoms with Gasteiger partial charge >= 0.3 is 5.97 Å². The molecule has 1 heterocycles. The summed E-state index contributed by atoms with van der Waals surface area (Å²) in [4.78, 5) is 38.8. The van der Waals surface area contributed by atoms with E-state index in [1.54, 1.807) is 28.0 Å². The summed E-state index contributed by atoms with van der Waals surface area (Å²) in [6.07, 6.45) is 1.49. The van der Waals surface area contributed by atoms with Crippen LogP contribution in [0.4, 0.5) is 0 Å². The Balaban J connectivity index is 1.85. The molecule has 2 amide bonds. The number of hydrogen-bond donors (Lipinski definition) is 1. The Morgan fingerprint density at radius 2 is 1.52 bits per heavy atom. The number of benzene rings is 1. The van der Waals surface area contributed by atoms with Crippen molar-refractivity contribution in [2.45, 2.75) is 25.7 Å². The number of carboxylic acid groups (broad SMARTS) is 1. The van der Waals surface area contributed by atoms with Crippen LogP contribution in [0.3, 0.4) is 0 Å². The molecule has 0 bridgehead atoms. The molecule has 1 fully saturated rings. The van der Waals surface area contributed by atoms with Crippen LogP contribution >= 0.6 is 0 Å². The Morgan fingerprint density at radius 3 is 2.11 bits per heavy atom. The fraction of sp³-hybridized carbons (Fsp3) is 0.526. The Hall–Kier alpha value is -2.77. The predicted octanol–water partition coefficient (Wildman–Crippen LogP) is 1.63. The largest absolute Gasteiger partial charge is 0.493 e. The zero-order valence-electron chi connectivity index (χ0n) is 15.8. The van der Waals surface area contributed by atoms with Crippen molar-refractivity contribution in [1.29, 1.82) is 0 Å². The number of unbranched alkanes of at least 4 members (excludes halogenated alkanes) is 1. The summed E-state index contributed by atoms with van der Waals surface area (Å²) in [6.45, 7) is 1.90. The van der Waals surface area contributed by atoms with E-state index in [0.29, 0.717) is 62.5 Å². The van der Waals surface area contributed by atoms with Gasteiger partial charge in [0.1, 0.15) is 0 Å². The van der Waals surface area contributed by atoms with E-state index >= 15 is 0 Å². The fourth-order valence-electron chi connectivity index (χ4n) is 3.02. The van der Waals surface area contributed by atoms with Crippen LogP contribution in [0.1, 0.15) is 36.0 Å². The minimum atomic E-state index is -0.843. The highest BCUT2D eigenvalue weighted by molar-refractivity contribution is 5.95. The zero-order chi connectivity index (χ0) is 19.8. The second-order valence-electron chi connectivity index (χ2n) is 6.34. The van der Waals surface area contributed by atoms with Crippen LogP contribution < -0.4 is 9.47 Å². The van der Waals surface area contributed by atoms with E-state index in [9.17, 15) is 14.4 Å². The summed E-state index contributed by atoms with van der Waals surface area (Å²) in [5.74, 6) is 0.124. The second-order valence-corrected chi connectivity index (χ2v) is 6.34. The zero-order valence-corrected chi connectivity index (χ0v) is 15.8. The van der Waals surface area contributed by atoms with Crippen LogP contribution in [0.2, 0.25) is 0 Å². The van der Waals surface area contributed by atoms with Crippen molar-refractivity contribution >= 4 is 17.8 Å². The van der Waals surface area contributed by atoms with Gasteiger partial charge in [-0.2, -0.15) is 0 Å². The third-order valence-electron chi connectivity index (χ3n) is 4.58. The summed E-state index contributed by atoms with van der Waals surface area (Å²) in [6, 6.07) is 5.05. The van der Waals surface area contributed by atoms with Crippen molar-refractivity contribution in [3.8, 4) is 11.5 Å². The molecule has 0 aromatic heterocycles. The summed E-state index contributed by atoms with van der Waals surface area (Å²) >= 11 is 0. The maximum atomic E-state index is 12.7. The first-order chi connectivity index (χ1) is 13.0. The van der Waals surface area contributed by atoms with Gasteiger partial charge in [0, 0.05) is 44.6 Å². The molecule has 0 spiro atoms. The van der Waals surface area contributed by atoms with E-state index in [2.05, 4.69) is 0 Å². The summed E-state index contributed by atoms with van der Waals surface area (Å²) in [5.41, 5.74) is 0.515. The number of rotatable bonds is 8. The first-order valence-electron chi connectivity index (χ1n) is 8.97. The molecule has 8 heteroatoms. The van der Waals surface area contributed by atoms with E-state index in [1.807, 2.05) is 0 Å². The monoisotopic (exact) mass is 378 g/mol. The molecular weight excluding hydrogens is 352 g/mol. The fourth-order valence-corrected chi connectivity index (χ4v) is 3.02. The maximum Gasteiger partial charge on any atom is 0.303 e. The van der Waals surface area contributed by atoms with Crippen LogP contribution in [-0.4, -0.2) is 73.1 Å². The molecule has 1 aromatic rings. The number of carboxylic acids is 1. The van der Waals surface area contributed by atoms with Gasteiger partial charge in [-0.05, 0) is 31.0 Å². The van der Waals surface area contributed by atoms with Crippen LogP contribution in [-0.2, 0) is 9.59 Å². The lowest BCUT2D eigenvalue weighted by Gasteiger charge is -2.35. The molecule has 0 atom stereocenters. The average molecular weight is 378 g/mol. The minimum Gasteiger partial charge on any atom is -0.493 e. The number of piperazine rings is 1. The van der Waals surface area contributed by atoms with Gasteiger partial charge in [-0.15, -0.1) is 0 Å². The maximum absolute atomic E-state index is 12.7. The number of nitrogens with zero attached hydrogens (tertiary/aromatic N) is 2. The van der Waals surface area contributed by atoms with E-state index in [1.165, 1.54) is 14.2 Å². The lowest BCUT2D eigenvalue weighted by Crippen LogP contribution is -2.50. The molecule has 0 radical (unpaired) electrons. The van der Waals surface area contributed by atoms with Crippen molar-refractivity contribution in [3.63, 3.8) is 0 Å². The molecule has 2 rings (SSSR count). The molecular formula is C19H26N2O6. The van der Waals surface area contributed by atoms with Gasteiger partial charge in [-0.1, -0.05) is 0 Å². The van der Waals surface area contributed by atoms with Crippen LogP contribution in [0.5, 0.6) is 11.5 Å². The van der Waals surface area contributed by atoms with Crippen molar-refractivity contribution in [2.75, 3.05) is 40.4 Å². The summed E-state index contributed by atoms with van der Waals surface area (Å²) < 4.78 is 10.4. The highest BCUT2D eigenvalue weighted by atomic mass is 16.5. The molecule has 148 valence electrons. The molecule has 27 heavy (non-hydrogen) atoms. The van der Waals surface area contributed by atoms with Crippen molar-refractivity contribution < 1.29 is 29.0 Å². The third kappa shape index (κ3) is 5.60. The number of amides is 2. The highest BCUT2D eigenvalue weighted by Gasteiger charge is 2.25. The minimum absolute atomic E-state index is 0.0126. The number of carbonyl (C=O) groups is 3. The first-order valence-corrected chi connectivity index (χ1v) is 8.97. The standard InChI is InChI=1S/C19H26N2O6/c1-26-15-8-7-14(13-16(15)27-2)19(25)21-11-9-20(10-12-21)17(22)5-3-4-6-18(23)24/h7-8,13H,3-6,9-12H2,1-2H3,(H,23,24). The van der Waals surface area contributed by atoms with Gasteiger partial charge in [0.15, 0.2) is 11.5 Å². The van der Waals surface area contributed by atoms with Crippen molar-refractivity contribution in [2.24, 2.45) is 0 Å². The molecule has 1 saturated heterocycles. The van der Waals surface area contributed by atoms with Crippen LogP contribution in [0, 0.1) is 0 Å². The number of carbonyl (C=O) groups excluding carboxylic acids is 2. The normalized spacial score (nSPS) is 14.0. The molecule has 0 aliphatic carbocycles. The Morgan fingerprint density at radius 1 is 0.926 bits per heavy atom. The Kier molecular flexibility index (Phi) is 7.45. The molecule has 0 saturated carbocycles. The van der Waals surface area contributed by atoms with Gasteiger partial charge < -0.3 is 24.4 Å². The smallest absolute Gasteiger partial charge is 0.303 e. The topological polar surface area (TPSA) is 96.4 Å². The van der Waals surface area contributed by atoms with Gasteiger partial charge in [0.2, 0.25) is 5.91 Å². The Bertz CT molecular complexity index is 683. The number of hydrogen-bond acceptors (Lipinski definition) is 5. The predicted molar refractivity (Wildman–Crippen MR) is 98.1 cm³/mol. The van der Waals surface area contributed by atoms with E-state index in [-0.39, 0.29) is 18.2 Å². The number of aliphatic carboxylic acids is 1. The first kappa shape index (κ1) is 20.5. The molecule has 0 unspecified atom stereocenters. The molecule has 1 aliphatic heterocycles. The molecule has 1 N–H and O–H groups in total. The van der Waals surface area contributed by atoms with Gasteiger partial charge in [-0.3, -0.25) is 14.4 Å². The van der Waals surface area contributed by atoms with E-state index < -0.39 is 5.97 Å². The van der Waals surface area contributed by atoms with Crippen molar-refractivity contribution in [1.82, 2.24) is 9.80 Å². The van der Waals surface area contributed by atoms with Gasteiger partial charge in [0.25, 0.3) is 5.91 Å². The summed E-state index contributed by atoms with van der Waals surface area (Å²) in [5, 5.41) is 8.62. The van der Waals surface area contributed by atoms with E-state index in [0.717, 1.165) is 0 Å². The molecule has 1 aliphatic rings. The molecule has 8 nitrogen and oxygen atoms in total. The van der Waals surface area contributed by atoms with Gasteiger partial charge in [-0.25, -0.2) is 0 Å². The Labute approximate surface area is 158 Å². The van der Waals surface area contributed by atoms with Crippen molar-refractivity contribution in [3.05, 3.63) is 23.8 Å². The highest BCUT2D eigenvalue weighted by Crippen LogP contribution is 2.28. The average Bonchev–Trinajstić information content (AvgIpc) is 2.69. The van der Waals surface area contributed by atoms with Crippen LogP contribution in [0.25, 0.3) is 0 Å². The third-order valence-corrected chi connectivity index (χ3v) is 4.58. The van der Waals surface area contributed by atoms with Gasteiger partial charge in [0.05, 0.1) is 14.2 Å².